The van der Waals surface area contributed by atoms with Crippen LogP contribution in [0.1, 0.15) is 40.1 Å². The highest BCUT2D eigenvalue weighted by molar-refractivity contribution is 6.01. The molecule has 4 aromatic rings. The molecular weight excluding hydrogens is 533 g/mol. The van der Waals surface area contributed by atoms with Crippen molar-refractivity contribution in [1.29, 1.82) is 0 Å². The Bertz CT molecular complexity index is 1660. The van der Waals surface area contributed by atoms with Crippen LogP contribution >= 0.6 is 0 Å². The van der Waals surface area contributed by atoms with Gasteiger partial charge in [-0.3, -0.25) is 9.78 Å². The van der Waals surface area contributed by atoms with Crippen molar-refractivity contribution in [2.24, 2.45) is 5.73 Å². The summed E-state index contributed by atoms with van der Waals surface area (Å²) in [4.78, 5) is 26.5. The van der Waals surface area contributed by atoms with E-state index in [4.69, 9.17) is 10.7 Å². The van der Waals surface area contributed by atoms with Crippen LogP contribution in [0.2, 0.25) is 0 Å². The summed E-state index contributed by atoms with van der Waals surface area (Å²) in [6.07, 6.45) is 3.89. The number of pyridine rings is 3. The number of aromatic nitrogens is 4. The number of hydrogen-bond acceptors (Lipinski definition) is 7. The number of carbonyl (C=O) groups is 1. The van der Waals surface area contributed by atoms with Gasteiger partial charge in [0.1, 0.15) is 11.9 Å². The number of alkyl halides is 3. The zero-order chi connectivity index (χ0) is 28.9. The molecule has 1 amide bonds. The molecule has 12 heteroatoms. The Morgan fingerprint density at radius 3 is 2.59 bits per heavy atom. The van der Waals surface area contributed by atoms with E-state index in [0.717, 1.165) is 72.4 Å². The van der Waals surface area contributed by atoms with Crippen molar-refractivity contribution in [3.63, 3.8) is 0 Å². The van der Waals surface area contributed by atoms with Crippen LogP contribution in [0.4, 0.5) is 19.0 Å². The van der Waals surface area contributed by atoms with E-state index in [1.165, 1.54) is 10.7 Å². The standard InChI is InChI=1S/C29H29F3N8O/c1-17(29(30,31)32)37-28(41)23-16-36-40-6-4-19(12-25(23)40)21-14-24(33)27-22(21)11-20(15-35-27)18-3-5-34-26(13-18)39-9-7-38(2)8-10-39/h3-6,11-17,24H,7-10,33H2,1-2H3,(H,37,41)/t17-,24+/m1/s1. The molecule has 0 spiro atoms. The summed E-state index contributed by atoms with van der Waals surface area (Å²) < 4.78 is 40.5. The van der Waals surface area contributed by atoms with Crippen LogP contribution in [-0.2, 0) is 0 Å². The first kappa shape index (κ1) is 26.9. The SMILES string of the molecule is C[C@@H](NC(=O)c1cnn2ccc(C3=C[C@H](N)c4ncc(-c5ccnc(N6CCN(C)CC6)c5)cc43)cc12)C(F)(F)F. The summed E-state index contributed by atoms with van der Waals surface area (Å²) in [6, 6.07) is 7.21. The Hall–Kier alpha value is -4.29. The molecule has 1 saturated heterocycles. The summed E-state index contributed by atoms with van der Waals surface area (Å²) in [7, 11) is 2.11. The normalized spacial score (nSPS) is 18.3. The van der Waals surface area contributed by atoms with Crippen LogP contribution in [0, 0.1) is 0 Å². The van der Waals surface area contributed by atoms with Crippen molar-refractivity contribution < 1.29 is 18.0 Å². The van der Waals surface area contributed by atoms with Gasteiger partial charge in [0.15, 0.2) is 0 Å². The molecule has 1 fully saturated rings. The minimum Gasteiger partial charge on any atom is -0.354 e. The summed E-state index contributed by atoms with van der Waals surface area (Å²) in [6.45, 7) is 4.67. The van der Waals surface area contributed by atoms with Gasteiger partial charge in [-0.1, -0.05) is 6.08 Å². The molecule has 2 aliphatic rings. The van der Waals surface area contributed by atoms with Gasteiger partial charge in [-0.05, 0) is 61.0 Å². The van der Waals surface area contributed by atoms with Gasteiger partial charge in [-0.15, -0.1) is 0 Å². The lowest BCUT2D eigenvalue weighted by Crippen LogP contribution is -2.44. The summed E-state index contributed by atoms with van der Waals surface area (Å²) in [5.74, 6) is 0.0673. The van der Waals surface area contributed by atoms with Crippen molar-refractivity contribution in [2.75, 3.05) is 38.1 Å². The molecule has 5 heterocycles. The van der Waals surface area contributed by atoms with E-state index in [9.17, 15) is 18.0 Å². The number of amides is 1. The Morgan fingerprint density at radius 1 is 1.05 bits per heavy atom. The first-order chi connectivity index (χ1) is 19.6. The van der Waals surface area contributed by atoms with E-state index in [-0.39, 0.29) is 5.56 Å². The quantitative estimate of drug-likeness (QED) is 0.383. The Kier molecular flexibility index (Phi) is 6.74. The number of piperazine rings is 1. The molecule has 0 saturated carbocycles. The highest BCUT2D eigenvalue weighted by atomic mass is 19.4. The molecule has 9 nitrogen and oxygen atoms in total. The Balaban J connectivity index is 1.32. The van der Waals surface area contributed by atoms with Crippen molar-refractivity contribution in [3.05, 3.63) is 83.6 Å². The van der Waals surface area contributed by atoms with Gasteiger partial charge >= 0.3 is 6.18 Å². The average molecular weight is 563 g/mol. The van der Waals surface area contributed by atoms with Crippen molar-refractivity contribution in [2.45, 2.75) is 25.2 Å². The highest BCUT2D eigenvalue weighted by Gasteiger charge is 2.37. The van der Waals surface area contributed by atoms with Gasteiger partial charge in [0, 0.05) is 55.9 Å². The topological polar surface area (TPSA) is 105 Å². The zero-order valence-electron chi connectivity index (χ0n) is 22.6. The van der Waals surface area contributed by atoms with Gasteiger partial charge in [0.25, 0.3) is 5.91 Å². The smallest absolute Gasteiger partial charge is 0.354 e. The molecule has 212 valence electrons. The van der Waals surface area contributed by atoms with E-state index in [2.05, 4.69) is 33.0 Å². The van der Waals surface area contributed by atoms with Gasteiger partial charge in [0.2, 0.25) is 0 Å². The van der Waals surface area contributed by atoms with Crippen molar-refractivity contribution in [3.8, 4) is 11.1 Å². The summed E-state index contributed by atoms with van der Waals surface area (Å²) in [5, 5.41) is 6.16. The lowest BCUT2D eigenvalue weighted by Gasteiger charge is -2.33. The third-order valence-corrected chi connectivity index (χ3v) is 7.69. The maximum atomic E-state index is 13.0. The second-order valence-corrected chi connectivity index (χ2v) is 10.5. The number of likely N-dealkylation sites (N-methyl/N-ethyl adjacent to an activating group) is 1. The molecule has 1 aliphatic carbocycles. The van der Waals surface area contributed by atoms with Crippen LogP contribution in [0.25, 0.3) is 22.2 Å². The number of nitrogens with two attached hydrogens (primary N) is 1. The molecule has 3 N–H and O–H groups in total. The minimum absolute atomic E-state index is 0.0474. The molecule has 0 radical (unpaired) electrons. The fourth-order valence-corrected chi connectivity index (χ4v) is 5.20. The number of halogens is 3. The van der Waals surface area contributed by atoms with Gasteiger partial charge in [0.05, 0.1) is 29.0 Å². The fourth-order valence-electron chi connectivity index (χ4n) is 5.20. The van der Waals surface area contributed by atoms with Crippen LogP contribution in [0.15, 0.2) is 61.2 Å². The molecule has 4 aromatic heterocycles. The maximum Gasteiger partial charge on any atom is 0.408 e. The molecule has 0 aromatic carbocycles. The predicted octanol–water partition coefficient (Wildman–Crippen LogP) is 3.67. The Labute approximate surface area is 234 Å². The van der Waals surface area contributed by atoms with Crippen molar-refractivity contribution >= 4 is 22.8 Å². The van der Waals surface area contributed by atoms with Crippen LogP contribution in [-0.4, -0.2) is 75.8 Å². The lowest BCUT2D eigenvalue weighted by atomic mass is 9.98. The Morgan fingerprint density at radius 2 is 1.83 bits per heavy atom. The largest absolute Gasteiger partial charge is 0.408 e. The molecule has 1 aliphatic heterocycles. The number of rotatable bonds is 5. The minimum atomic E-state index is -4.55. The summed E-state index contributed by atoms with van der Waals surface area (Å²) in [5.41, 5.74) is 11.9. The van der Waals surface area contributed by atoms with E-state index in [0.29, 0.717) is 5.52 Å². The number of fused-ring (bicyclic) bond motifs is 2. The first-order valence-electron chi connectivity index (χ1n) is 13.3. The third kappa shape index (κ3) is 5.16. The van der Waals surface area contributed by atoms with E-state index in [1.54, 1.807) is 18.5 Å². The second kappa shape index (κ2) is 10.3. The first-order valence-corrected chi connectivity index (χ1v) is 13.3. The molecule has 2 atom stereocenters. The highest BCUT2D eigenvalue weighted by Crippen LogP contribution is 2.39. The molecule has 6 rings (SSSR count). The zero-order valence-corrected chi connectivity index (χ0v) is 22.6. The van der Waals surface area contributed by atoms with Crippen LogP contribution < -0.4 is 16.0 Å². The molecule has 0 bridgehead atoms. The molecular formula is C29H29F3N8O. The number of nitrogens with one attached hydrogen (secondary N) is 1. The monoisotopic (exact) mass is 562 g/mol. The average Bonchev–Trinajstić information content (AvgIpc) is 3.53. The summed E-state index contributed by atoms with van der Waals surface area (Å²) >= 11 is 0. The van der Waals surface area contributed by atoms with E-state index >= 15 is 0 Å². The molecule has 0 unspecified atom stereocenters. The van der Waals surface area contributed by atoms with Gasteiger partial charge in [-0.25, -0.2) is 9.50 Å². The molecule has 41 heavy (non-hydrogen) atoms. The number of hydrogen-bond donors (Lipinski definition) is 2. The third-order valence-electron chi connectivity index (χ3n) is 7.69. The van der Waals surface area contributed by atoms with Gasteiger partial charge < -0.3 is 20.9 Å². The predicted molar refractivity (Wildman–Crippen MR) is 149 cm³/mol. The number of nitrogens with zero attached hydrogens (tertiary/aromatic N) is 6. The van der Waals surface area contributed by atoms with Crippen LogP contribution in [0.3, 0.4) is 0 Å². The van der Waals surface area contributed by atoms with Crippen molar-refractivity contribution in [1.82, 2.24) is 29.8 Å². The second-order valence-electron chi connectivity index (χ2n) is 10.5. The number of carbonyl (C=O) groups excluding carboxylic acids is 1. The lowest BCUT2D eigenvalue weighted by molar-refractivity contribution is -0.149. The maximum absolute atomic E-state index is 13.0. The fraction of sp³-hybridized carbons (Fsp3) is 0.310. The van der Waals surface area contributed by atoms with Gasteiger partial charge in [-0.2, -0.15) is 18.3 Å². The number of anilines is 1. The van der Waals surface area contributed by atoms with E-state index < -0.39 is 24.2 Å². The van der Waals surface area contributed by atoms with E-state index in [1.807, 2.05) is 35.8 Å². The van der Waals surface area contributed by atoms with Crippen LogP contribution in [0.5, 0.6) is 0 Å².